The zero-order valence-electron chi connectivity index (χ0n) is 6.69. The molecule has 2 bridgehead atoms. The maximum atomic E-state index is 5.02. The largest absolute Gasteiger partial charge is 0.365 e. The van der Waals surface area contributed by atoms with Crippen LogP contribution in [0.15, 0.2) is 30.3 Å². The Hall–Kier alpha value is -1.34. The molecule has 0 atom stereocenters. The van der Waals surface area contributed by atoms with E-state index in [4.69, 9.17) is 14.2 Å². The second kappa shape index (κ2) is 2.33. The van der Waals surface area contributed by atoms with Crippen LogP contribution in [0.4, 0.5) is 0 Å². The Morgan fingerprint density at radius 2 is 1.77 bits per heavy atom. The van der Waals surface area contributed by atoms with Crippen molar-refractivity contribution in [1.82, 2.24) is 0 Å². The van der Waals surface area contributed by atoms with Crippen molar-refractivity contribution in [3.05, 3.63) is 35.9 Å². The average Bonchev–Trinajstić information content (AvgIpc) is 2.01. The van der Waals surface area contributed by atoms with Crippen LogP contribution in [0.1, 0.15) is 5.56 Å². The van der Waals surface area contributed by atoms with Crippen LogP contribution in [-0.4, -0.2) is 12.4 Å². The maximum Gasteiger partial charge on any atom is 0.365 e. The van der Waals surface area contributed by atoms with Gasteiger partial charge < -0.3 is 0 Å². The summed E-state index contributed by atoms with van der Waals surface area (Å²) in [5, 5.41) is 0. The molecule has 0 radical (unpaired) electrons. The van der Waals surface area contributed by atoms with Crippen LogP contribution in [0.5, 0.6) is 0 Å². The Morgan fingerprint density at radius 1 is 1.08 bits per heavy atom. The normalized spacial score (nSPS) is 33.7. The molecule has 3 nitrogen and oxygen atoms in total. The number of ether oxygens (including phenoxy) is 3. The van der Waals surface area contributed by atoms with Gasteiger partial charge in [-0.3, -0.25) is 14.2 Å². The Labute approximate surface area is 75.2 Å². The lowest BCUT2D eigenvalue weighted by Gasteiger charge is -2.53. The fraction of sp³-hybridized carbons (Fsp3) is 0.200. The van der Waals surface area contributed by atoms with Crippen molar-refractivity contribution in [2.24, 2.45) is 0 Å². The lowest BCUT2D eigenvalue weighted by Crippen LogP contribution is -2.70. The van der Waals surface area contributed by atoms with Crippen molar-refractivity contribution in [3.63, 3.8) is 0 Å². The highest BCUT2D eigenvalue weighted by Gasteiger charge is 2.63. The summed E-state index contributed by atoms with van der Waals surface area (Å²) in [6.45, 7) is -0.468. The summed E-state index contributed by atoms with van der Waals surface area (Å²) in [5.41, 5.74) is 0.919. The smallest absolute Gasteiger partial charge is 0.261 e. The van der Waals surface area contributed by atoms with Gasteiger partial charge in [0.25, 0.3) is 6.48 Å². The van der Waals surface area contributed by atoms with E-state index in [1.807, 2.05) is 30.3 Å². The van der Waals surface area contributed by atoms with Gasteiger partial charge in [-0.05, 0) is 18.1 Å². The van der Waals surface area contributed by atoms with E-state index in [0.29, 0.717) is 0 Å². The van der Waals surface area contributed by atoms with Crippen molar-refractivity contribution >= 4 is 0 Å². The first-order valence-electron chi connectivity index (χ1n) is 3.98. The van der Waals surface area contributed by atoms with Gasteiger partial charge in [0.2, 0.25) is 0 Å². The molecule has 3 fully saturated rings. The topological polar surface area (TPSA) is 27.7 Å². The third-order valence-corrected chi connectivity index (χ3v) is 1.89. The first-order chi connectivity index (χ1) is 6.36. The molecule has 3 heterocycles. The maximum absolute atomic E-state index is 5.02. The summed E-state index contributed by atoms with van der Waals surface area (Å²) < 4.78 is 15.1. The molecule has 3 aliphatic rings. The number of rotatable bonds is 0. The van der Waals surface area contributed by atoms with Gasteiger partial charge in [0.1, 0.15) is 0 Å². The van der Waals surface area contributed by atoms with E-state index in [0.717, 1.165) is 5.56 Å². The summed E-state index contributed by atoms with van der Waals surface area (Å²) >= 11 is 0. The van der Waals surface area contributed by atoms with Crippen LogP contribution in [0.3, 0.4) is 0 Å². The van der Waals surface area contributed by atoms with E-state index in [-0.39, 0.29) is 0 Å². The zero-order valence-corrected chi connectivity index (χ0v) is 6.69. The fourth-order valence-corrected chi connectivity index (χ4v) is 1.17. The van der Waals surface area contributed by atoms with Gasteiger partial charge >= 0.3 is 5.97 Å². The predicted molar refractivity (Wildman–Crippen MR) is 43.1 cm³/mol. The predicted octanol–water partition coefficient (Wildman–Crippen LogP) is 1.05. The molecule has 1 aromatic rings. The highest BCUT2D eigenvalue weighted by atomic mass is 17.2. The van der Waals surface area contributed by atoms with Crippen LogP contribution in [0.2, 0.25) is 0 Å². The second-order valence-corrected chi connectivity index (χ2v) is 2.81. The van der Waals surface area contributed by atoms with Crippen molar-refractivity contribution < 1.29 is 14.2 Å². The van der Waals surface area contributed by atoms with Gasteiger partial charge in [0.05, 0.1) is 0 Å². The summed E-state index contributed by atoms with van der Waals surface area (Å²) in [5.74, 6) is 4.62. The molecule has 0 unspecified atom stereocenters. The summed E-state index contributed by atoms with van der Waals surface area (Å²) in [7, 11) is 0. The van der Waals surface area contributed by atoms with E-state index >= 15 is 0 Å². The lowest BCUT2D eigenvalue weighted by molar-refractivity contribution is -0.714. The highest BCUT2D eigenvalue weighted by Crippen LogP contribution is 2.44. The third kappa shape index (κ3) is 1.04. The van der Waals surface area contributed by atoms with Gasteiger partial charge in [-0.25, -0.2) is 0 Å². The standard InChI is InChI=1S/C10H6O3/c1-2-4-8(5-3-1)6-7-10-11-9(12-10)13-10/h1-5,9H. The zero-order chi connectivity index (χ0) is 8.73. The SMILES string of the molecule is C(#CC12OC(O1)O2)c1ccccc1. The molecule has 1 aromatic carbocycles. The molecule has 13 heavy (non-hydrogen) atoms. The van der Waals surface area contributed by atoms with Crippen molar-refractivity contribution in [2.75, 3.05) is 0 Å². The number of benzene rings is 1. The molecule has 3 aliphatic heterocycles. The minimum atomic E-state index is -1.04. The molecule has 0 N–H and O–H groups in total. The summed E-state index contributed by atoms with van der Waals surface area (Å²) in [4.78, 5) is 0. The monoisotopic (exact) mass is 174 g/mol. The molecule has 3 saturated heterocycles. The summed E-state index contributed by atoms with van der Waals surface area (Å²) in [6, 6.07) is 9.62. The minimum Gasteiger partial charge on any atom is -0.261 e. The molecule has 4 rings (SSSR count). The Balaban J connectivity index is 1.81. The highest BCUT2D eigenvalue weighted by molar-refractivity contribution is 5.35. The van der Waals surface area contributed by atoms with Gasteiger partial charge in [-0.1, -0.05) is 24.1 Å². The van der Waals surface area contributed by atoms with Gasteiger partial charge in [0.15, 0.2) is 0 Å². The molecular weight excluding hydrogens is 168 g/mol. The van der Waals surface area contributed by atoms with Crippen molar-refractivity contribution in [3.8, 4) is 11.8 Å². The summed E-state index contributed by atoms with van der Waals surface area (Å²) in [6.07, 6.45) is 0. The Bertz CT molecular complexity index is 371. The molecule has 3 heteroatoms. The minimum absolute atomic E-state index is 0.468. The van der Waals surface area contributed by atoms with E-state index in [1.54, 1.807) is 0 Å². The molecule has 0 spiro atoms. The average molecular weight is 174 g/mol. The Kier molecular flexibility index (Phi) is 1.27. The molecular formula is C10H6O3. The number of hydrogen-bond acceptors (Lipinski definition) is 3. The molecule has 0 saturated carbocycles. The molecule has 0 amide bonds. The van der Waals surface area contributed by atoms with E-state index < -0.39 is 12.4 Å². The lowest BCUT2D eigenvalue weighted by atomic mass is 10.2. The van der Waals surface area contributed by atoms with Crippen LogP contribution >= 0.6 is 0 Å². The van der Waals surface area contributed by atoms with Gasteiger partial charge in [-0.2, -0.15) is 0 Å². The quantitative estimate of drug-likeness (QED) is 0.550. The molecule has 64 valence electrons. The third-order valence-electron chi connectivity index (χ3n) is 1.89. The first kappa shape index (κ1) is 7.10. The molecule has 0 aromatic heterocycles. The van der Waals surface area contributed by atoms with Crippen LogP contribution in [-0.2, 0) is 14.2 Å². The second-order valence-electron chi connectivity index (χ2n) is 2.81. The van der Waals surface area contributed by atoms with E-state index in [9.17, 15) is 0 Å². The van der Waals surface area contributed by atoms with Crippen LogP contribution in [0, 0.1) is 11.8 Å². The van der Waals surface area contributed by atoms with Crippen molar-refractivity contribution in [2.45, 2.75) is 12.4 Å². The Morgan fingerprint density at radius 3 is 2.31 bits per heavy atom. The van der Waals surface area contributed by atoms with Gasteiger partial charge in [0, 0.05) is 5.56 Å². The fourth-order valence-electron chi connectivity index (χ4n) is 1.17. The van der Waals surface area contributed by atoms with E-state index in [2.05, 4.69) is 11.8 Å². The van der Waals surface area contributed by atoms with Crippen LogP contribution in [0.25, 0.3) is 0 Å². The van der Waals surface area contributed by atoms with E-state index in [1.165, 1.54) is 0 Å². The van der Waals surface area contributed by atoms with Crippen LogP contribution < -0.4 is 0 Å². The first-order valence-corrected chi connectivity index (χ1v) is 3.98. The van der Waals surface area contributed by atoms with Gasteiger partial charge in [-0.15, -0.1) is 0 Å². The van der Waals surface area contributed by atoms with Crippen molar-refractivity contribution in [1.29, 1.82) is 0 Å². The number of hydrogen-bond donors (Lipinski definition) is 0. The molecule has 0 aliphatic carbocycles.